The molecule has 0 radical (unpaired) electrons. The molecule has 0 bridgehead atoms. The van der Waals surface area contributed by atoms with Crippen molar-refractivity contribution in [1.82, 2.24) is 4.90 Å². The average molecular weight is 488 g/mol. The van der Waals surface area contributed by atoms with Crippen molar-refractivity contribution in [2.45, 2.75) is 13.0 Å². The Morgan fingerprint density at radius 1 is 0.917 bits per heavy atom. The number of carbonyl (C=O) groups excluding carboxylic acids is 1. The predicted octanol–water partition coefficient (Wildman–Crippen LogP) is 4.44. The number of hydrogen-bond donors (Lipinski definition) is 0. The van der Waals surface area contributed by atoms with Gasteiger partial charge in [0.1, 0.15) is 18.2 Å². The topological polar surface area (TPSA) is 75.7 Å². The Morgan fingerprint density at radius 2 is 1.75 bits per heavy atom. The van der Waals surface area contributed by atoms with Crippen LogP contribution in [0.3, 0.4) is 0 Å². The number of Topliss-reactive ketones (excluding diaryl/α,β-unsaturated/α-hetero) is 1. The smallest absolute Gasteiger partial charge is 0.231 e. The molecule has 184 valence electrons. The number of fused-ring (bicyclic) bond motifs is 4. The van der Waals surface area contributed by atoms with E-state index in [1.54, 1.807) is 26.4 Å². The number of methoxy groups -OCH3 is 2. The van der Waals surface area contributed by atoms with Gasteiger partial charge in [-0.3, -0.25) is 9.69 Å². The van der Waals surface area contributed by atoms with Crippen LogP contribution in [0.4, 0.5) is 0 Å². The van der Waals surface area contributed by atoms with Gasteiger partial charge in [0.05, 0.1) is 25.3 Å². The number of benzene rings is 3. The molecule has 0 amide bonds. The van der Waals surface area contributed by atoms with E-state index >= 15 is 0 Å². The Bertz CT molecular complexity index is 1380. The van der Waals surface area contributed by atoms with Crippen LogP contribution in [-0.4, -0.2) is 45.0 Å². The molecule has 0 unspecified atom stereocenters. The molecular weight excluding hydrogens is 462 g/mol. The molecule has 36 heavy (non-hydrogen) atoms. The lowest BCUT2D eigenvalue weighted by atomic mass is 10.0. The van der Waals surface area contributed by atoms with Crippen LogP contribution >= 0.6 is 0 Å². The fourth-order valence-electron chi connectivity index (χ4n) is 4.63. The first-order valence-electron chi connectivity index (χ1n) is 11.7. The van der Waals surface area contributed by atoms with Gasteiger partial charge in [-0.25, -0.2) is 0 Å². The van der Waals surface area contributed by atoms with Crippen molar-refractivity contribution in [3.63, 3.8) is 0 Å². The summed E-state index contributed by atoms with van der Waals surface area (Å²) in [5, 5.41) is 0. The lowest BCUT2D eigenvalue weighted by Crippen LogP contribution is -2.33. The number of hydrogen-bond acceptors (Lipinski definition) is 8. The monoisotopic (exact) mass is 487 g/mol. The lowest BCUT2D eigenvalue weighted by Gasteiger charge is -2.29. The molecule has 8 heteroatoms. The molecular formula is C28H25NO7. The second-order valence-electron chi connectivity index (χ2n) is 8.74. The van der Waals surface area contributed by atoms with Crippen LogP contribution < -0.4 is 28.4 Å². The van der Waals surface area contributed by atoms with Gasteiger partial charge in [0.2, 0.25) is 12.6 Å². The van der Waals surface area contributed by atoms with E-state index in [1.807, 2.05) is 42.5 Å². The molecule has 3 aromatic carbocycles. The predicted molar refractivity (Wildman–Crippen MR) is 131 cm³/mol. The normalized spacial score (nSPS) is 16.8. The van der Waals surface area contributed by atoms with Gasteiger partial charge >= 0.3 is 0 Å². The van der Waals surface area contributed by atoms with Crippen LogP contribution in [0.2, 0.25) is 0 Å². The lowest BCUT2D eigenvalue weighted by molar-refractivity contribution is 0.0949. The fourth-order valence-corrected chi connectivity index (χ4v) is 4.63. The van der Waals surface area contributed by atoms with Gasteiger partial charge in [-0.15, -0.1) is 0 Å². The second-order valence-corrected chi connectivity index (χ2v) is 8.74. The Hall–Kier alpha value is -4.17. The van der Waals surface area contributed by atoms with Crippen molar-refractivity contribution in [3.8, 4) is 34.5 Å². The maximum absolute atomic E-state index is 13.1. The molecule has 3 aliphatic rings. The van der Waals surface area contributed by atoms with Gasteiger partial charge in [-0.1, -0.05) is 12.1 Å². The van der Waals surface area contributed by atoms with Crippen LogP contribution in [0.1, 0.15) is 27.0 Å². The minimum absolute atomic E-state index is 0.145. The average Bonchev–Trinajstić information content (AvgIpc) is 3.51. The van der Waals surface area contributed by atoms with Crippen molar-refractivity contribution in [2.75, 3.05) is 34.3 Å². The van der Waals surface area contributed by atoms with E-state index < -0.39 is 0 Å². The first-order valence-corrected chi connectivity index (χ1v) is 11.7. The second kappa shape index (κ2) is 9.13. The molecule has 8 nitrogen and oxygen atoms in total. The number of ether oxygens (including phenoxy) is 6. The Kier molecular flexibility index (Phi) is 5.65. The summed E-state index contributed by atoms with van der Waals surface area (Å²) >= 11 is 0. The quantitative estimate of drug-likeness (QED) is 0.473. The van der Waals surface area contributed by atoms with Crippen molar-refractivity contribution in [3.05, 3.63) is 76.5 Å². The molecule has 0 saturated heterocycles. The summed E-state index contributed by atoms with van der Waals surface area (Å²) in [5.41, 5.74) is 3.37. The highest BCUT2D eigenvalue weighted by Crippen LogP contribution is 2.42. The summed E-state index contributed by atoms with van der Waals surface area (Å²) < 4.78 is 33.7. The summed E-state index contributed by atoms with van der Waals surface area (Å²) in [6.45, 7) is 2.06. The molecule has 0 saturated carbocycles. The minimum Gasteiger partial charge on any atom is -0.493 e. The van der Waals surface area contributed by atoms with Gasteiger partial charge in [-0.2, -0.15) is 0 Å². The number of rotatable bonds is 6. The largest absolute Gasteiger partial charge is 0.493 e. The van der Waals surface area contributed by atoms with E-state index in [0.29, 0.717) is 47.6 Å². The van der Waals surface area contributed by atoms with Crippen LogP contribution in [0.25, 0.3) is 6.08 Å². The van der Waals surface area contributed by atoms with Crippen molar-refractivity contribution in [1.29, 1.82) is 0 Å². The maximum atomic E-state index is 13.1. The summed E-state index contributed by atoms with van der Waals surface area (Å²) in [4.78, 5) is 15.3. The number of ketones is 1. The molecule has 0 aromatic heterocycles. The summed E-state index contributed by atoms with van der Waals surface area (Å²) in [7, 11) is 3.26. The van der Waals surface area contributed by atoms with Crippen LogP contribution in [-0.2, 0) is 13.0 Å². The van der Waals surface area contributed by atoms with Gasteiger partial charge in [-0.05, 0) is 60.0 Å². The fraction of sp³-hybridized carbons (Fsp3) is 0.250. The third-order valence-corrected chi connectivity index (χ3v) is 6.54. The SMILES string of the molecule is COc1ccc(CCN2COc3ccc4c(c3C2)O/C(=C\c2ccc3c(c2)OCO3)C4=O)cc1OC. The Labute approximate surface area is 208 Å². The molecule has 0 spiro atoms. The van der Waals surface area contributed by atoms with Crippen molar-refractivity contribution >= 4 is 11.9 Å². The number of carbonyl (C=O) groups is 1. The number of allylic oxidation sites excluding steroid dienone is 1. The Morgan fingerprint density at radius 3 is 2.61 bits per heavy atom. The van der Waals surface area contributed by atoms with Crippen LogP contribution in [0.5, 0.6) is 34.5 Å². The van der Waals surface area contributed by atoms with E-state index in [-0.39, 0.29) is 18.3 Å². The van der Waals surface area contributed by atoms with E-state index in [1.165, 1.54) is 0 Å². The summed E-state index contributed by atoms with van der Waals surface area (Å²) in [6, 6.07) is 15.1. The highest BCUT2D eigenvalue weighted by atomic mass is 16.7. The van der Waals surface area contributed by atoms with Gasteiger partial charge in [0, 0.05) is 13.1 Å². The first kappa shape index (κ1) is 22.3. The van der Waals surface area contributed by atoms with Gasteiger partial charge in [0.15, 0.2) is 28.8 Å². The Balaban J connectivity index is 1.19. The molecule has 0 atom stereocenters. The van der Waals surface area contributed by atoms with Crippen molar-refractivity contribution in [2.24, 2.45) is 0 Å². The van der Waals surface area contributed by atoms with Crippen molar-refractivity contribution < 1.29 is 33.2 Å². The van der Waals surface area contributed by atoms with Gasteiger partial charge < -0.3 is 28.4 Å². The maximum Gasteiger partial charge on any atom is 0.231 e. The van der Waals surface area contributed by atoms with E-state index in [0.717, 1.165) is 35.4 Å². The zero-order valence-corrected chi connectivity index (χ0v) is 20.0. The first-order chi connectivity index (χ1) is 17.6. The highest BCUT2D eigenvalue weighted by molar-refractivity contribution is 6.15. The minimum atomic E-state index is -0.145. The molecule has 6 rings (SSSR count). The van der Waals surface area contributed by atoms with Gasteiger partial charge in [0.25, 0.3) is 0 Å². The molecule has 0 fully saturated rings. The third-order valence-electron chi connectivity index (χ3n) is 6.54. The highest BCUT2D eigenvalue weighted by Gasteiger charge is 2.33. The van der Waals surface area contributed by atoms with E-state index in [2.05, 4.69) is 4.90 Å². The molecule has 3 heterocycles. The molecule has 3 aliphatic heterocycles. The standard InChI is InChI=1S/C28H25NO7/c1-31-22-6-3-17(11-24(22)32-2)9-10-29-14-20-21(33-15-29)8-5-19-27(30)26(36-28(19)20)13-18-4-7-23-25(12-18)35-16-34-23/h3-8,11-13H,9-10,14-16H2,1-2H3/b26-13-. The summed E-state index contributed by atoms with van der Waals surface area (Å²) in [6.07, 6.45) is 2.54. The zero-order chi connectivity index (χ0) is 24.6. The van der Waals surface area contributed by atoms with E-state index in [4.69, 9.17) is 28.4 Å². The summed E-state index contributed by atoms with van der Waals surface area (Å²) in [5.74, 6) is 4.21. The molecule has 0 N–H and O–H groups in total. The van der Waals surface area contributed by atoms with Crippen LogP contribution in [0, 0.1) is 0 Å². The zero-order valence-electron chi connectivity index (χ0n) is 20.0. The molecule has 0 aliphatic carbocycles. The third kappa shape index (κ3) is 3.99. The number of nitrogens with zero attached hydrogens (tertiary/aromatic N) is 1. The van der Waals surface area contributed by atoms with E-state index in [9.17, 15) is 4.79 Å². The molecule has 3 aromatic rings. The van der Waals surface area contributed by atoms with Crippen LogP contribution in [0.15, 0.2) is 54.3 Å².